The van der Waals surface area contributed by atoms with Gasteiger partial charge in [0.2, 0.25) is 10.9 Å². The summed E-state index contributed by atoms with van der Waals surface area (Å²) in [6.45, 7) is 1.33. The number of rotatable bonds is 3. The molecule has 6 nitrogen and oxygen atoms in total. The third-order valence-electron chi connectivity index (χ3n) is 1.80. The molecule has 1 aromatic heterocycles. The average molecular weight is 286 g/mol. The van der Waals surface area contributed by atoms with Crippen LogP contribution in [0.4, 0.5) is 13.2 Å². The van der Waals surface area contributed by atoms with Gasteiger partial charge >= 0.3 is 6.36 Å². The second kappa shape index (κ2) is 4.61. The average Bonchev–Trinajstić information content (AvgIpc) is 2.12. The molecule has 18 heavy (non-hydrogen) atoms. The van der Waals surface area contributed by atoms with Crippen LogP contribution in [0.1, 0.15) is 5.56 Å². The molecular weight excluding hydrogens is 277 g/mol. The van der Waals surface area contributed by atoms with Gasteiger partial charge in [-0.2, -0.15) is 4.98 Å². The van der Waals surface area contributed by atoms with Crippen LogP contribution in [0.25, 0.3) is 0 Å². The van der Waals surface area contributed by atoms with Gasteiger partial charge in [0.05, 0.1) is 7.11 Å². The second-order valence-electron chi connectivity index (χ2n) is 3.21. The number of pyridine rings is 1. The number of alkyl halides is 3. The van der Waals surface area contributed by atoms with Crippen molar-refractivity contribution in [3.63, 3.8) is 0 Å². The number of halogens is 3. The molecular formula is C8H9F3N2O4S. The van der Waals surface area contributed by atoms with Crippen LogP contribution in [0, 0.1) is 6.92 Å². The van der Waals surface area contributed by atoms with E-state index in [1.54, 1.807) is 0 Å². The number of sulfonamides is 1. The molecule has 0 aliphatic carbocycles. The lowest BCUT2D eigenvalue weighted by atomic mass is 10.3. The van der Waals surface area contributed by atoms with Crippen molar-refractivity contribution in [3.8, 4) is 11.6 Å². The summed E-state index contributed by atoms with van der Waals surface area (Å²) in [5, 5.41) is 4.01. The first-order valence-electron chi connectivity index (χ1n) is 4.39. The molecule has 0 aromatic carbocycles. The highest BCUT2D eigenvalue weighted by molar-refractivity contribution is 7.89. The molecule has 0 saturated carbocycles. The van der Waals surface area contributed by atoms with Crippen LogP contribution in [0.5, 0.6) is 11.6 Å². The summed E-state index contributed by atoms with van der Waals surface area (Å²) in [4.78, 5) is 3.18. The molecule has 0 amide bonds. The van der Waals surface area contributed by atoms with Crippen LogP contribution in [0.15, 0.2) is 11.1 Å². The normalized spacial score (nSPS) is 12.3. The van der Waals surface area contributed by atoms with Crippen LogP contribution in [0.2, 0.25) is 0 Å². The summed E-state index contributed by atoms with van der Waals surface area (Å²) in [6, 6.07) is 0.890. The van der Waals surface area contributed by atoms with E-state index in [1.165, 1.54) is 6.92 Å². The van der Waals surface area contributed by atoms with Crippen molar-refractivity contribution in [2.45, 2.75) is 18.3 Å². The Labute approximate surface area is 101 Å². The van der Waals surface area contributed by atoms with E-state index in [0.29, 0.717) is 0 Å². The largest absolute Gasteiger partial charge is 0.574 e. The first-order chi connectivity index (χ1) is 8.04. The molecule has 0 aliphatic heterocycles. The van der Waals surface area contributed by atoms with Gasteiger partial charge in [0.1, 0.15) is 0 Å². The Morgan fingerprint density at radius 3 is 2.33 bits per heavy atom. The maximum Gasteiger partial charge on any atom is 0.574 e. The Kier molecular flexibility index (Phi) is 3.72. The van der Waals surface area contributed by atoms with Crippen molar-refractivity contribution in [2.24, 2.45) is 5.14 Å². The number of primary sulfonamides is 1. The highest BCUT2D eigenvalue weighted by Crippen LogP contribution is 2.30. The third-order valence-corrected chi connectivity index (χ3v) is 2.61. The Bertz CT molecular complexity index is 556. The lowest BCUT2D eigenvalue weighted by molar-refractivity contribution is -0.276. The molecule has 0 radical (unpaired) electrons. The molecule has 0 aliphatic rings. The fourth-order valence-corrected chi connectivity index (χ4v) is 1.93. The molecule has 1 aromatic rings. The SMILES string of the molecule is COc1c(C)cc(OC(F)(F)F)nc1S(N)(=O)=O. The zero-order valence-corrected chi connectivity index (χ0v) is 10.1. The van der Waals surface area contributed by atoms with E-state index in [4.69, 9.17) is 9.88 Å². The molecule has 0 atom stereocenters. The van der Waals surface area contributed by atoms with Crippen LogP contribution in [0.3, 0.4) is 0 Å². The van der Waals surface area contributed by atoms with Gasteiger partial charge in [0.15, 0.2) is 5.75 Å². The van der Waals surface area contributed by atoms with Crippen molar-refractivity contribution in [2.75, 3.05) is 7.11 Å². The van der Waals surface area contributed by atoms with Gasteiger partial charge in [-0.25, -0.2) is 13.6 Å². The van der Waals surface area contributed by atoms with Crippen molar-refractivity contribution < 1.29 is 31.1 Å². The molecule has 10 heteroatoms. The van der Waals surface area contributed by atoms with E-state index in [9.17, 15) is 21.6 Å². The first kappa shape index (κ1) is 14.5. The number of ether oxygens (including phenoxy) is 2. The van der Waals surface area contributed by atoms with Crippen molar-refractivity contribution in [1.29, 1.82) is 0 Å². The zero-order valence-electron chi connectivity index (χ0n) is 9.28. The van der Waals surface area contributed by atoms with Crippen LogP contribution < -0.4 is 14.6 Å². The van der Waals surface area contributed by atoms with Crippen LogP contribution in [-0.2, 0) is 10.0 Å². The van der Waals surface area contributed by atoms with Crippen LogP contribution >= 0.6 is 0 Å². The van der Waals surface area contributed by atoms with Gasteiger partial charge in [-0.3, -0.25) is 0 Å². The Balaban J connectivity index is 3.41. The summed E-state index contributed by atoms with van der Waals surface area (Å²) in [6.07, 6.45) is -4.98. The monoisotopic (exact) mass is 286 g/mol. The first-order valence-corrected chi connectivity index (χ1v) is 5.93. The predicted molar refractivity (Wildman–Crippen MR) is 53.6 cm³/mol. The van der Waals surface area contributed by atoms with Crippen molar-refractivity contribution >= 4 is 10.0 Å². The maximum atomic E-state index is 12.0. The van der Waals surface area contributed by atoms with E-state index in [2.05, 4.69) is 9.72 Å². The van der Waals surface area contributed by atoms with Gasteiger partial charge in [-0.1, -0.05) is 0 Å². The summed E-state index contributed by atoms with van der Waals surface area (Å²) in [5.41, 5.74) is 0.0933. The Hall–Kier alpha value is -1.55. The van der Waals surface area contributed by atoms with Gasteiger partial charge in [-0.05, 0) is 12.5 Å². The minimum absolute atomic E-state index is 0.0933. The molecule has 0 saturated heterocycles. The number of aromatic nitrogens is 1. The highest BCUT2D eigenvalue weighted by atomic mass is 32.2. The fraction of sp³-hybridized carbons (Fsp3) is 0.375. The molecule has 0 spiro atoms. The number of hydrogen-bond donors (Lipinski definition) is 1. The number of nitrogens with two attached hydrogens (primary N) is 1. The van der Waals surface area contributed by atoms with E-state index >= 15 is 0 Å². The minimum Gasteiger partial charge on any atom is -0.493 e. The zero-order chi connectivity index (χ0) is 14.1. The number of methoxy groups -OCH3 is 1. The van der Waals surface area contributed by atoms with E-state index in [0.717, 1.165) is 13.2 Å². The summed E-state index contributed by atoms with van der Waals surface area (Å²) >= 11 is 0. The summed E-state index contributed by atoms with van der Waals surface area (Å²) in [7, 11) is -3.19. The standard InChI is InChI=1S/C8H9F3N2O4S/c1-4-3-5(17-8(9,10)11)13-7(6(4)16-2)18(12,14)15/h3H,1-2H3,(H2,12,14,15). The fourth-order valence-electron chi connectivity index (χ4n) is 1.21. The molecule has 1 rings (SSSR count). The van der Waals surface area contributed by atoms with Gasteiger partial charge in [0.25, 0.3) is 10.0 Å². The molecule has 0 unspecified atom stereocenters. The lowest BCUT2D eigenvalue weighted by Gasteiger charge is -2.13. The number of aryl methyl sites for hydroxylation is 1. The summed E-state index contributed by atoms with van der Waals surface area (Å²) < 4.78 is 66.7. The molecule has 0 fully saturated rings. The molecule has 102 valence electrons. The summed E-state index contributed by atoms with van der Waals surface area (Å²) in [5.74, 6) is -1.16. The molecule has 2 N–H and O–H groups in total. The van der Waals surface area contributed by atoms with Crippen molar-refractivity contribution in [1.82, 2.24) is 4.98 Å². The molecule has 0 bridgehead atoms. The number of nitrogens with zero attached hydrogens (tertiary/aromatic N) is 1. The third kappa shape index (κ3) is 3.47. The molecule has 1 heterocycles. The lowest BCUT2D eigenvalue weighted by Crippen LogP contribution is -2.21. The quantitative estimate of drug-likeness (QED) is 0.893. The smallest absolute Gasteiger partial charge is 0.493 e. The van der Waals surface area contributed by atoms with Crippen molar-refractivity contribution in [3.05, 3.63) is 11.6 Å². The van der Waals surface area contributed by atoms with E-state index in [1.807, 2.05) is 0 Å². The van der Waals surface area contributed by atoms with Gasteiger partial charge < -0.3 is 9.47 Å². The van der Waals surface area contributed by atoms with E-state index < -0.39 is 27.3 Å². The van der Waals surface area contributed by atoms with Gasteiger partial charge in [-0.15, -0.1) is 13.2 Å². The maximum absolute atomic E-state index is 12.0. The Morgan fingerprint density at radius 1 is 1.39 bits per heavy atom. The Morgan fingerprint density at radius 2 is 1.94 bits per heavy atom. The highest BCUT2D eigenvalue weighted by Gasteiger charge is 2.33. The second-order valence-corrected chi connectivity index (χ2v) is 4.69. The van der Waals surface area contributed by atoms with E-state index in [-0.39, 0.29) is 11.3 Å². The predicted octanol–water partition coefficient (Wildman–Crippen LogP) is 0.945. The minimum atomic E-state index is -4.98. The topological polar surface area (TPSA) is 91.5 Å². The number of hydrogen-bond acceptors (Lipinski definition) is 5. The van der Waals surface area contributed by atoms with Crippen LogP contribution in [-0.4, -0.2) is 26.9 Å². The van der Waals surface area contributed by atoms with Gasteiger partial charge in [0, 0.05) is 6.07 Å².